The second-order valence-electron chi connectivity index (χ2n) is 10.6. The molecule has 2 saturated carbocycles. The number of nitriles is 2. The first kappa shape index (κ1) is 22.5. The van der Waals surface area contributed by atoms with Crippen molar-refractivity contribution in [1.29, 1.82) is 10.5 Å². The van der Waals surface area contributed by atoms with Crippen molar-refractivity contribution in [3.05, 3.63) is 0 Å². The molecule has 32 heavy (non-hydrogen) atoms. The number of hydrogen-bond donors (Lipinski definition) is 2. The van der Waals surface area contributed by atoms with Gasteiger partial charge >= 0.3 is 0 Å². The highest BCUT2D eigenvalue weighted by atomic mass is 16.7. The van der Waals surface area contributed by atoms with Crippen LogP contribution >= 0.6 is 0 Å². The number of fused-ring (bicyclic) bond motifs is 2. The highest BCUT2D eigenvalue weighted by molar-refractivity contribution is 5.16. The van der Waals surface area contributed by atoms with E-state index in [9.17, 15) is 20.7 Å². The molecule has 0 unspecified atom stereocenters. The minimum Gasteiger partial charge on any atom is -0.395 e. The Balaban J connectivity index is 0.000000135. The molecule has 4 saturated heterocycles. The van der Waals surface area contributed by atoms with E-state index in [1.165, 1.54) is 0 Å². The molecule has 0 aromatic rings. The molecule has 6 fully saturated rings. The van der Waals surface area contributed by atoms with E-state index in [0.717, 1.165) is 77.0 Å². The molecule has 0 radical (unpaired) electrons. The van der Waals surface area contributed by atoms with Gasteiger partial charge in [-0.2, -0.15) is 20.7 Å². The number of hydrogen-bond acceptors (Lipinski definition) is 8. The van der Waals surface area contributed by atoms with Crippen molar-refractivity contribution in [1.82, 2.24) is 10.1 Å². The average Bonchev–Trinajstić information content (AvgIpc) is 3.12. The number of aliphatic hydroxyl groups is 2. The number of aliphatic hydroxyl groups excluding tert-OH is 2. The van der Waals surface area contributed by atoms with Crippen LogP contribution in [0, 0.1) is 34.5 Å². The zero-order valence-corrected chi connectivity index (χ0v) is 18.9. The summed E-state index contributed by atoms with van der Waals surface area (Å²) in [6, 6.07) is 5.11. The lowest BCUT2D eigenvalue weighted by atomic mass is 9.68. The van der Waals surface area contributed by atoms with Gasteiger partial charge in [-0.1, -0.05) is 0 Å². The molecule has 2 N–H and O–H groups in total. The molecular formula is C24H36N4O4. The van der Waals surface area contributed by atoms with Gasteiger partial charge in [0.25, 0.3) is 0 Å². The van der Waals surface area contributed by atoms with E-state index in [2.05, 4.69) is 12.1 Å². The first-order valence-electron chi connectivity index (χ1n) is 12.6. The molecule has 4 bridgehead atoms. The molecular weight excluding hydrogens is 408 g/mol. The Labute approximate surface area is 190 Å². The van der Waals surface area contributed by atoms with Crippen LogP contribution in [-0.2, 0) is 9.68 Å². The van der Waals surface area contributed by atoms with Crippen LogP contribution < -0.4 is 0 Å². The van der Waals surface area contributed by atoms with Gasteiger partial charge in [0.1, 0.15) is 0 Å². The van der Waals surface area contributed by atoms with Crippen molar-refractivity contribution in [3.8, 4) is 12.1 Å². The third-order valence-electron chi connectivity index (χ3n) is 9.13. The van der Waals surface area contributed by atoms with Gasteiger partial charge < -0.3 is 10.2 Å². The van der Waals surface area contributed by atoms with Crippen LogP contribution in [0.25, 0.3) is 0 Å². The normalized spacial score (nSPS) is 47.4. The fourth-order valence-corrected chi connectivity index (χ4v) is 7.72. The van der Waals surface area contributed by atoms with Crippen molar-refractivity contribution in [2.24, 2.45) is 11.8 Å². The molecule has 2 aliphatic carbocycles. The quantitative estimate of drug-likeness (QED) is 0.668. The summed E-state index contributed by atoms with van der Waals surface area (Å²) >= 11 is 0. The van der Waals surface area contributed by atoms with Crippen molar-refractivity contribution in [2.75, 3.05) is 13.2 Å². The van der Waals surface area contributed by atoms with Crippen LogP contribution in [0.2, 0.25) is 0 Å². The SMILES string of the molecule is N#C[C@@H]1[C@@H]2CCC[C@]13CCC[C@@H](CO)N3O2.N#C[C@@H]1[C@@H]2CCC[C@]13CCC[C@@H](CO)N3O2. The van der Waals surface area contributed by atoms with Gasteiger partial charge in [0.15, 0.2) is 0 Å². The average molecular weight is 445 g/mol. The van der Waals surface area contributed by atoms with Gasteiger partial charge in [-0.25, -0.2) is 0 Å². The maximum absolute atomic E-state index is 9.41. The molecule has 0 aromatic carbocycles. The first-order chi connectivity index (χ1) is 15.6. The monoisotopic (exact) mass is 444 g/mol. The molecule has 2 spiro atoms. The Morgan fingerprint density at radius 3 is 1.41 bits per heavy atom. The number of piperidine rings is 2. The Hall–Kier alpha value is -1.26. The minimum absolute atomic E-state index is 0.00981. The Bertz CT molecular complexity index is 711. The Kier molecular flexibility index (Phi) is 6.22. The summed E-state index contributed by atoms with van der Waals surface area (Å²) in [6.07, 6.45) is 12.8. The molecule has 8 heteroatoms. The molecule has 176 valence electrons. The topological polar surface area (TPSA) is 113 Å². The van der Waals surface area contributed by atoms with Gasteiger partial charge in [-0.05, 0) is 77.0 Å². The van der Waals surface area contributed by atoms with Crippen LogP contribution in [0.5, 0.6) is 0 Å². The second kappa shape index (κ2) is 8.83. The first-order valence-corrected chi connectivity index (χ1v) is 12.6. The molecule has 6 aliphatic rings. The number of nitrogens with zero attached hydrogens (tertiary/aromatic N) is 4. The van der Waals surface area contributed by atoms with Crippen molar-refractivity contribution in [3.63, 3.8) is 0 Å². The van der Waals surface area contributed by atoms with Crippen molar-refractivity contribution in [2.45, 2.75) is 112 Å². The molecule has 0 aromatic heterocycles. The Morgan fingerprint density at radius 2 is 1.06 bits per heavy atom. The zero-order valence-electron chi connectivity index (χ0n) is 18.9. The van der Waals surface area contributed by atoms with E-state index in [4.69, 9.17) is 9.68 Å². The van der Waals surface area contributed by atoms with Gasteiger partial charge in [0, 0.05) is 0 Å². The van der Waals surface area contributed by atoms with Crippen LogP contribution in [0.3, 0.4) is 0 Å². The summed E-state index contributed by atoms with van der Waals surface area (Å²) in [5, 5.41) is 41.5. The van der Waals surface area contributed by atoms with E-state index < -0.39 is 0 Å². The van der Waals surface area contributed by atoms with Crippen LogP contribution in [0.15, 0.2) is 0 Å². The van der Waals surface area contributed by atoms with Gasteiger partial charge in [-0.15, -0.1) is 0 Å². The summed E-state index contributed by atoms with van der Waals surface area (Å²) in [5.41, 5.74) is -0.160. The van der Waals surface area contributed by atoms with Crippen LogP contribution in [0.1, 0.15) is 77.0 Å². The zero-order chi connectivity index (χ0) is 22.3. The van der Waals surface area contributed by atoms with E-state index in [-0.39, 0.29) is 60.4 Å². The van der Waals surface area contributed by atoms with Crippen molar-refractivity contribution >= 4 is 0 Å². The van der Waals surface area contributed by atoms with E-state index >= 15 is 0 Å². The van der Waals surface area contributed by atoms with E-state index in [1.54, 1.807) is 0 Å². The maximum Gasteiger partial charge on any atom is 0.0970 e. The van der Waals surface area contributed by atoms with Crippen LogP contribution in [-0.4, -0.2) is 68.9 Å². The van der Waals surface area contributed by atoms with Gasteiger partial charge in [0.05, 0.1) is 72.6 Å². The third kappa shape index (κ3) is 3.23. The summed E-state index contributed by atoms with van der Waals surface area (Å²) in [4.78, 5) is 11.9. The smallest absolute Gasteiger partial charge is 0.0970 e. The molecule has 4 aliphatic heterocycles. The predicted molar refractivity (Wildman–Crippen MR) is 114 cm³/mol. The van der Waals surface area contributed by atoms with Crippen molar-refractivity contribution < 1.29 is 19.9 Å². The lowest BCUT2D eigenvalue weighted by Gasteiger charge is -2.46. The van der Waals surface area contributed by atoms with Gasteiger partial charge in [-0.3, -0.25) is 9.68 Å². The Morgan fingerprint density at radius 1 is 0.688 bits per heavy atom. The highest BCUT2D eigenvalue weighted by Gasteiger charge is 2.61. The van der Waals surface area contributed by atoms with Crippen LogP contribution in [0.4, 0.5) is 0 Å². The fraction of sp³-hybridized carbons (Fsp3) is 0.917. The standard InChI is InChI=1S/2C12H18N2O2/c2*13-7-10-11-4-2-6-12(10)5-1-3-9(8-15)14(12)16-11/h2*9-11,15H,1-6,8H2/t2*9-,10+,11-,12+/m00/s1. The second-order valence-corrected chi connectivity index (χ2v) is 10.6. The summed E-state index contributed by atoms with van der Waals surface area (Å²) in [6.45, 7) is 0.291. The summed E-state index contributed by atoms with van der Waals surface area (Å²) in [7, 11) is 0. The number of hydroxylamine groups is 4. The summed E-state index contributed by atoms with van der Waals surface area (Å²) in [5.74, 6) is 0.0196. The highest BCUT2D eigenvalue weighted by Crippen LogP contribution is 2.53. The lowest BCUT2D eigenvalue weighted by Crippen LogP contribution is -2.56. The fourth-order valence-electron chi connectivity index (χ4n) is 7.72. The molecule has 4 heterocycles. The van der Waals surface area contributed by atoms with E-state index in [0.29, 0.717) is 0 Å². The van der Waals surface area contributed by atoms with E-state index in [1.807, 2.05) is 10.1 Å². The summed E-state index contributed by atoms with van der Waals surface area (Å²) < 4.78 is 0. The predicted octanol–water partition coefficient (Wildman–Crippen LogP) is 2.42. The third-order valence-corrected chi connectivity index (χ3v) is 9.13. The number of rotatable bonds is 2. The molecule has 8 nitrogen and oxygen atoms in total. The van der Waals surface area contributed by atoms with Gasteiger partial charge in [0.2, 0.25) is 0 Å². The molecule has 0 amide bonds. The minimum atomic E-state index is -0.0800. The largest absolute Gasteiger partial charge is 0.395 e. The molecule has 8 atom stereocenters. The molecule has 6 rings (SSSR count). The maximum atomic E-state index is 9.41. The lowest BCUT2D eigenvalue weighted by molar-refractivity contribution is -0.227.